The summed E-state index contributed by atoms with van der Waals surface area (Å²) in [6.45, 7) is 1.56. The van der Waals surface area contributed by atoms with Gasteiger partial charge in [0.2, 0.25) is 5.91 Å². The number of hydrogen-bond acceptors (Lipinski definition) is 5. The molecule has 6 nitrogen and oxygen atoms in total. The predicted octanol–water partition coefficient (Wildman–Crippen LogP) is 3.00. The minimum Gasteiger partial charge on any atom is -0.452 e. The van der Waals surface area contributed by atoms with Crippen LogP contribution in [0.25, 0.3) is 0 Å². The number of ether oxygens (including phenoxy) is 1. The Morgan fingerprint density at radius 2 is 1.85 bits per heavy atom. The lowest BCUT2D eigenvalue weighted by molar-refractivity contribution is -0.152. The molecule has 0 spiro atoms. The van der Waals surface area contributed by atoms with Gasteiger partial charge in [0.15, 0.2) is 6.10 Å². The van der Waals surface area contributed by atoms with Crippen molar-refractivity contribution in [1.82, 2.24) is 5.32 Å². The summed E-state index contributed by atoms with van der Waals surface area (Å²) in [5.74, 6) is -0.883. The first kappa shape index (κ1) is 20.6. The van der Waals surface area contributed by atoms with Gasteiger partial charge in [-0.25, -0.2) is 0 Å². The summed E-state index contributed by atoms with van der Waals surface area (Å²) in [5, 5.41) is 6.19. The number of hydrogen-bond donors (Lipinski definition) is 2. The minimum absolute atomic E-state index is 0.00901. The molecule has 2 rings (SSSR count). The van der Waals surface area contributed by atoms with Crippen molar-refractivity contribution in [1.29, 1.82) is 0 Å². The van der Waals surface area contributed by atoms with Crippen molar-refractivity contribution in [2.75, 3.05) is 16.8 Å². The number of carbonyl (C=O) groups excluding carboxylic acids is 3. The molecule has 2 N–H and O–H groups in total. The van der Waals surface area contributed by atoms with Gasteiger partial charge in [0.05, 0.1) is 11.5 Å². The van der Waals surface area contributed by atoms with E-state index in [-0.39, 0.29) is 29.4 Å². The first-order valence-corrected chi connectivity index (χ1v) is 10.1. The zero-order valence-electron chi connectivity index (χ0n) is 14.6. The monoisotopic (exact) mass is 398 g/mol. The minimum atomic E-state index is -0.827. The van der Waals surface area contributed by atoms with Crippen LogP contribution in [0.15, 0.2) is 24.3 Å². The average molecular weight is 399 g/mol. The zero-order chi connectivity index (χ0) is 18.9. The number of amides is 2. The lowest BCUT2D eigenvalue weighted by Gasteiger charge is -2.17. The summed E-state index contributed by atoms with van der Waals surface area (Å²) in [6, 6.07) is 6.95. The predicted molar refractivity (Wildman–Crippen MR) is 103 cm³/mol. The number of nitrogens with one attached hydrogen (secondary N) is 2. The SMILES string of the molecule is C[C@H](OC(=O)CSCC(=O)Nc1ccc(Cl)cc1)C(=O)NC1CCCC1. The Morgan fingerprint density at radius 1 is 1.19 bits per heavy atom. The maximum atomic E-state index is 12.0. The molecule has 1 atom stereocenters. The van der Waals surface area contributed by atoms with Crippen LogP contribution in [0.5, 0.6) is 0 Å². The van der Waals surface area contributed by atoms with Crippen molar-refractivity contribution in [2.45, 2.75) is 44.8 Å². The second-order valence-electron chi connectivity index (χ2n) is 6.17. The van der Waals surface area contributed by atoms with Gasteiger partial charge in [-0.05, 0) is 44.0 Å². The van der Waals surface area contributed by atoms with Gasteiger partial charge in [-0.2, -0.15) is 0 Å². The van der Waals surface area contributed by atoms with Crippen molar-refractivity contribution in [3.05, 3.63) is 29.3 Å². The summed E-state index contributed by atoms with van der Waals surface area (Å²) in [6.07, 6.45) is 3.36. The lowest BCUT2D eigenvalue weighted by atomic mass is 10.2. The molecule has 1 fully saturated rings. The van der Waals surface area contributed by atoms with Gasteiger partial charge in [-0.3, -0.25) is 14.4 Å². The van der Waals surface area contributed by atoms with E-state index in [1.165, 1.54) is 0 Å². The van der Waals surface area contributed by atoms with Crippen molar-refractivity contribution in [2.24, 2.45) is 0 Å². The Balaban J connectivity index is 1.62. The average Bonchev–Trinajstić information content (AvgIpc) is 3.09. The number of carbonyl (C=O) groups is 3. The first-order chi connectivity index (χ1) is 12.4. The van der Waals surface area contributed by atoms with Gasteiger partial charge in [-0.1, -0.05) is 24.4 Å². The van der Waals surface area contributed by atoms with E-state index in [0.717, 1.165) is 37.4 Å². The largest absolute Gasteiger partial charge is 0.452 e. The lowest BCUT2D eigenvalue weighted by Crippen LogP contribution is -2.41. The van der Waals surface area contributed by atoms with Crippen LogP contribution in [-0.2, 0) is 19.1 Å². The molecule has 1 aromatic carbocycles. The molecule has 0 aliphatic heterocycles. The number of anilines is 1. The van der Waals surface area contributed by atoms with Crippen LogP contribution in [0.4, 0.5) is 5.69 Å². The normalized spacial score (nSPS) is 15.3. The number of benzene rings is 1. The van der Waals surface area contributed by atoms with Crippen LogP contribution < -0.4 is 10.6 Å². The van der Waals surface area contributed by atoms with Crippen LogP contribution in [0.1, 0.15) is 32.6 Å². The number of thioether (sulfide) groups is 1. The smallest absolute Gasteiger partial charge is 0.316 e. The Bertz CT molecular complexity index is 633. The van der Waals surface area contributed by atoms with Crippen molar-refractivity contribution in [3.63, 3.8) is 0 Å². The van der Waals surface area contributed by atoms with Crippen LogP contribution in [0, 0.1) is 0 Å². The van der Waals surface area contributed by atoms with Gasteiger partial charge >= 0.3 is 5.97 Å². The van der Waals surface area contributed by atoms with Crippen molar-refractivity contribution in [3.8, 4) is 0 Å². The van der Waals surface area contributed by atoms with Crippen molar-refractivity contribution < 1.29 is 19.1 Å². The van der Waals surface area contributed by atoms with Crippen LogP contribution in [0.2, 0.25) is 5.02 Å². The second-order valence-corrected chi connectivity index (χ2v) is 7.59. The Morgan fingerprint density at radius 3 is 2.50 bits per heavy atom. The molecule has 8 heteroatoms. The van der Waals surface area contributed by atoms with Crippen LogP contribution in [0.3, 0.4) is 0 Å². The summed E-state index contributed by atoms with van der Waals surface area (Å²) in [7, 11) is 0. The fourth-order valence-corrected chi connectivity index (χ4v) is 3.35. The molecule has 2 amide bonds. The summed E-state index contributed by atoms with van der Waals surface area (Å²) in [4.78, 5) is 35.6. The molecule has 0 aromatic heterocycles. The van der Waals surface area contributed by atoms with E-state index in [0.29, 0.717) is 10.7 Å². The third kappa shape index (κ3) is 7.25. The highest BCUT2D eigenvalue weighted by Crippen LogP contribution is 2.18. The van der Waals surface area contributed by atoms with Gasteiger partial charge in [0.1, 0.15) is 0 Å². The quantitative estimate of drug-likeness (QED) is 0.657. The molecule has 1 aliphatic carbocycles. The highest BCUT2D eigenvalue weighted by molar-refractivity contribution is 8.00. The third-order valence-corrected chi connectivity index (χ3v) is 5.12. The fraction of sp³-hybridized carbons (Fsp3) is 0.500. The third-order valence-electron chi connectivity index (χ3n) is 3.96. The second kappa shape index (κ2) is 10.4. The van der Waals surface area contributed by atoms with Gasteiger partial charge in [0.25, 0.3) is 5.91 Å². The van der Waals surface area contributed by atoms with Gasteiger partial charge in [0, 0.05) is 16.8 Å². The molecule has 26 heavy (non-hydrogen) atoms. The standard InChI is InChI=1S/C18H23ClN2O4S/c1-12(18(24)21-14-4-2-3-5-14)25-17(23)11-26-10-16(22)20-15-8-6-13(19)7-9-15/h6-9,12,14H,2-5,10-11H2,1H3,(H,20,22)(H,21,24)/t12-/m0/s1. The fourth-order valence-electron chi connectivity index (χ4n) is 2.63. The molecule has 0 heterocycles. The van der Waals surface area contributed by atoms with Crippen LogP contribution in [-0.4, -0.2) is 41.4 Å². The summed E-state index contributed by atoms with van der Waals surface area (Å²) < 4.78 is 5.12. The highest BCUT2D eigenvalue weighted by atomic mass is 35.5. The van der Waals surface area contributed by atoms with Gasteiger partial charge in [-0.15, -0.1) is 11.8 Å². The maximum Gasteiger partial charge on any atom is 0.316 e. The molecule has 1 aliphatic rings. The number of rotatable bonds is 8. The molecule has 1 saturated carbocycles. The van der Waals surface area contributed by atoms with E-state index in [9.17, 15) is 14.4 Å². The molecule has 0 unspecified atom stereocenters. The molecular weight excluding hydrogens is 376 g/mol. The van der Waals surface area contributed by atoms with E-state index in [1.54, 1.807) is 31.2 Å². The Labute approximate surface area is 162 Å². The van der Waals surface area contributed by atoms with Crippen molar-refractivity contribution >= 4 is 46.8 Å². The number of esters is 1. The maximum absolute atomic E-state index is 12.0. The molecule has 0 bridgehead atoms. The Kier molecular flexibility index (Phi) is 8.25. The van der Waals surface area contributed by atoms with E-state index in [2.05, 4.69) is 10.6 Å². The molecule has 142 valence electrons. The molecular formula is C18H23ClN2O4S. The highest BCUT2D eigenvalue weighted by Gasteiger charge is 2.23. The van der Waals surface area contributed by atoms with Crippen LogP contribution >= 0.6 is 23.4 Å². The van der Waals surface area contributed by atoms with E-state index >= 15 is 0 Å². The molecule has 0 radical (unpaired) electrons. The van der Waals surface area contributed by atoms with E-state index in [1.807, 2.05) is 0 Å². The number of halogens is 1. The van der Waals surface area contributed by atoms with Gasteiger partial charge < -0.3 is 15.4 Å². The summed E-state index contributed by atoms with van der Waals surface area (Å²) >= 11 is 6.92. The zero-order valence-corrected chi connectivity index (χ0v) is 16.2. The Hall–Kier alpha value is -1.73. The molecule has 1 aromatic rings. The summed E-state index contributed by atoms with van der Waals surface area (Å²) in [5.41, 5.74) is 0.639. The van der Waals surface area contributed by atoms with E-state index < -0.39 is 12.1 Å². The van der Waals surface area contributed by atoms with E-state index in [4.69, 9.17) is 16.3 Å². The molecule has 0 saturated heterocycles. The first-order valence-electron chi connectivity index (χ1n) is 8.57. The topological polar surface area (TPSA) is 84.5 Å².